The summed E-state index contributed by atoms with van der Waals surface area (Å²) in [7, 11) is 1.92. The summed E-state index contributed by atoms with van der Waals surface area (Å²) < 4.78 is 13.1. The molecule has 0 N–H and O–H groups in total. The molecule has 1 aromatic carbocycles. The van der Waals surface area contributed by atoms with E-state index in [9.17, 15) is 4.79 Å². The van der Waals surface area contributed by atoms with Crippen molar-refractivity contribution in [2.45, 2.75) is 13.5 Å². The van der Waals surface area contributed by atoms with Gasteiger partial charge in [0.15, 0.2) is 11.5 Å². The summed E-state index contributed by atoms with van der Waals surface area (Å²) in [5.41, 5.74) is 2.25. The van der Waals surface area contributed by atoms with Gasteiger partial charge in [-0.1, -0.05) is 0 Å². The van der Waals surface area contributed by atoms with E-state index in [0.717, 1.165) is 28.6 Å². The van der Waals surface area contributed by atoms with Crippen LogP contribution in [0.1, 0.15) is 23.1 Å². The summed E-state index contributed by atoms with van der Waals surface area (Å²) in [4.78, 5) is 23.4. The number of amides is 1. The van der Waals surface area contributed by atoms with Crippen LogP contribution in [0.5, 0.6) is 11.5 Å². The first-order chi connectivity index (χ1) is 13.7. The van der Waals surface area contributed by atoms with Crippen molar-refractivity contribution in [2.75, 3.05) is 19.8 Å². The van der Waals surface area contributed by atoms with Gasteiger partial charge in [0.05, 0.1) is 17.8 Å². The lowest BCUT2D eigenvalue weighted by Gasteiger charge is -2.21. The zero-order valence-electron chi connectivity index (χ0n) is 16.0. The van der Waals surface area contributed by atoms with Crippen molar-refractivity contribution >= 4 is 5.91 Å². The molecule has 1 aliphatic rings. The van der Waals surface area contributed by atoms with Gasteiger partial charge >= 0.3 is 0 Å². The van der Waals surface area contributed by atoms with Crippen molar-refractivity contribution in [3.63, 3.8) is 0 Å². The minimum atomic E-state index is -0.0632. The topological polar surface area (TPSA) is 69.5 Å². The molecule has 0 atom stereocenters. The molecule has 0 saturated heterocycles. The summed E-state index contributed by atoms with van der Waals surface area (Å²) in [6.07, 6.45) is 5.23. The standard InChI is InChI=1S/C21H22N4O3/c1-3-25(14-20-22-8-9-24(20)2)21(26)16-4-6-17(23-13-16)15-5-7-18-19(12-15)28-11-10-27-18/h4-9,12-13H,3,10-11,14H2,1-2H3. The van der Waals surface area contributed by atoms with Gasteiger partial charge < -0.3 is 18.9 Å². The third kappa shape index (κ3) is 3.55. The SMILES string of the molecule is CCN(Cc1nccn1C)C(=O)c1ccc(-c2ccc3c(c2)OCCO3)nc1. The third-order valence-electron chi connectivity index (χ3n) is 4.77. The van der Waals surface area contributed by atoms with E-state index in [-0.39, 0.29) is 5.91 Å². The molecule has 0 bridgehead atoms. The van der Waals surface area contributed by atoms with E-state index in [2.05, 4.69) is 9.97 Å². The molecule has 1 amide bonds. The second-order valence-electron chi connectivity index (χ2n) is 6.56. The lowest BCUT2D eigenvalue weighted by atomic mass is 10.1. The van der Waals surface area contributed by atoms with Gasteiger partial charge in [-0.2, -0.15) is 0 Å². The van der Waals surface area contributed by atoms with Gasteiger partial charge in [0.25, 0.3) is 5.91 Å². The Morgan fingerprint density at radius 1 is 1.14 bits per heavy atom. The number of benzene rings is 1. The molecule has 3 heterocycles. The second kappa shape index (κ2) is 7.72. The van der Waals surface area contributed by atoms with Crippen LogP contribution < -0.4 is 9.47 Å². The Bertz CT molecular complexity index is 982. The molecule has 144 valence electrons. The highest BCUT2D eigenvalue weighted by Gasteiger charge is 2.18. The predicted molar refractivity (Wildman–Crippen MR) is 104 cm³/mol. The second-order valence-corrected chi connectivity index (χ2v) is 6.56. The van der Waals surface area contributed by atoms with Crippen molar-refractivity contribution in [3.05, 3.63) is 60.3 Å². The maximum atomic E-state index is 12.9. The van der Waals surface area contributed by atoms with Gasteiger partial charge in [-0.25, -0.2) is 4.98 Å². The largest absolute Gasteiger partial charge is 0.486 e. The minimum absolute atomic E-state index is 0.0632. The Kier molecular flexibility index (Phi) is 4.97. The van der Waals surface area contributed by atoms with Crippen LogP contribution >= 0.6 is 0 Å². The average Bonchev–Trinajstić information content (AvgIpc) is 3.15. The highest BCUT2D eigenvalue weighted by molar-refractivity contribution is 5.94. The summed E-state index contributed by atoms with van der Waals surface area (Å²) in [6.45, 7) is 4.12. The van der Waals surface area contributed by atoms with E-state index in [1.165, 1.54) is 0 Å². The number of hydrogen-bond donors (Lipinski definition) is 0. The highest BCUT2D eigenvalue weighted by atomic mass is 16.6. The van der Waals surface area contributed by atoms with Crippen LogP contribution in [0.3, 0.4) is 0 Å². The Morgan fingerprint density at radius 3 is 2.64 bits per heavy atom. The molecule has 4 rings (SSSR count). The molecule has 3 aromatic rings. The third-order valence-corrected chi connectivity index (χ3v) is 4.77. The summed E-state index contributed by atoms with van der Waals surface area (Å²) >= 11 is 0. The van der Waals surface area contributed by atoms with E-state index in [0.29, 0.717) is 31.9 Å². The molecule has 0 fully saturated rings. The van der Waals surface area contributed by atoms with Crippen LogP contribution in [0, 0.1) is 0 Å². The molecule has 2 aromatic heterocycles. The van der Waals surface area contributed by atoms with Crippen molar-refractivity contribution in [1.82, 2.24) is 19.4 Å². The molecule has 28 heavy (non-hydrogen) atoms. The highest BCUT2D eigenvalue weighted by Crippen LogP contribution is 2.33. The van der Waals surface area contributed by atoms with E-state index in [1.54, 1.807) is 17.3 Å². The fourth-order valence-corrected chi connectivity index (χ4v) is 3.12. The first-order valence-electron chi connectivity index (χ1n) is 9.27. The smallest absolute Gasteiger partial charge is 0.255 e. The molecular formula is C21H22N4O3. The van der Waals surface area contributed by atoms with Gasteiger partial charge in [-0.05, 0) is 37.3 Å². The number of aromatic nitrogens is 3. The first kappa shape index (κ1) is 18.0. The molecule has 0 spiro atoms. The van der Waals surface area contributed by atoms with Crippen LogP contribution in [0.25, 0.3) is 11.3 Å². The fraction of sp³-hybridized carbons (Fsp3) is 0.286. The van der Waals surface area contributed by atoms with Gasteiger partial charge in [0, 0.05) is 37.7 Å². The van der Waals surface area contributed by atoms with Crippen molar-refractivity contribution in [1.29, 1.82) is 0 Å². The Hall–Kier alpha value is -3.35. The van der Waals surface area contributed by atoms with Crippen LogP contribution in [0.2, 0.25) is 0 Å². The number of fused-ring (bicyclic) bond motifs is 1. The van der Waals surface area contributed by atoms with E-state index >= 15 is 0 Å². The Balaban J connectivity index is 1.52. The Morgan fingerprint density at radius 2 is 1.96 bits per heavy atom. The van der Waals surface area contributed by atoms with Crippen molar-refractivity contribution in [3.8, 4) is 22.8 Å². The van der Waals surface area contributed by atoms with Crippen LogP contribution in [0.4, 0.5) is 0 Å². The van der Waals surface area contributed by atoms with Gasteiger partial charge in [0.1, 0.15) is 19.0 Å². The summed E-state index contributed by atoms with van der Waals surface area (Å²) in [6, 6.07) is 9.40. The zero-order valence-corrected chi connectivity index (χ0v) is 16.0. The number of pyridine rings is 1. The van der Waals surface area contributed by atoms with E-state index < -0.39 is 0 Å². The lowest BCUT2D eigenvalue weighted by molar-refractivity contribution is 0.0747. The number of aryl methyl sites for hydroxylation is 1. The molecule has 7 heteroatoms. The maximum absolute atomic E-state index is 12.9. The van der Waals surface area contributed by atoms with E-state index in [4.69, 9.17) is 9.47 Å². The monoisotopic (exact) mass is 378 g/mol. The van der Waals surface area contributed by atoms with Gasteiger partial charge in [-0.15, -0.1) is 0 Å². The minimum Gasteiger partial charge on any atom is -0.486 e. The van der Waals surface area contributed by atoms with Crippen molar-refractivity contribution < 1.29 is 14.3 Å². The molecule has 0 unspecified atom stereocenters. The first-order valence-corrected chi connectivity index (χ1v) is 9.27. The normalized spacial score (nSPS) is 12.6. The van der Waals surface area contributed by atoms with E-state index in [1.807, 2.05) is 55.1 Å². The molecule has 7 nitrogen and oxygen atoms in total. The van der Waals surface area contributed by atoms with Crippen LogP contribution in [-0.2, 0) is 13.6 Å². The summed E-state index contributed by atoms with van der Waals surface area (Å²) in [5.74, 6) is 2.25. The number of nitrogens with zero attached hydrogens (tertiary/aromatic N) is 4. The average molecular weight is 378 g/mol. The fourth-order valence-electron chi connectivity index (χ4n) is 3.12. The van der Waals surface area contributed by atoms with Crippen LogP contribution in [-0.4, -0.2) is 45.1 Å². The molecule has 0 saturated carbocycles. The van der Waals surface area contributed by atoms with Gasteiger partial charge in [0.2, 0.25) is 0 Å². The number of rotatable bonds is 5. The molecular weight excluding hydrogens is 356 g/mol. The molecule has 0 radical (unpaired) electrons. The molecule has 0 aliphatic carbocycles. The van der Waals surface area contributed by atoms with Crippen molar-refractivity contribution in [2.24, 2.45) is 7.05 Å². The summed E-state index contributed by atoms with van der Waals surface area (Å²) in [5, 5.41) is 0. The predicted octanol–water partition coefficient (Wildman–Crippen LogP) is 2.92. The zero-order chi connectivity index (χ0) is 19.5. The number of hydrogen-bond acceptors (Lipinski definition) is 5. The number of ether oxygens (including phenoxy) is 2. The molecule has 1 aliphatic heterocycles. The quantitative estimate of drug-likeness (QED) is 0.683. The number of imidazole rings is 1. The lowest BCUT2D eigenvalue weighted by Crippen LogP contribution is -2.31. The number of carbonyl (C=O) groups is 1. The number of carbonyl (C=O) groups excluding carboxylic acids is 1. The Labute approximate surface area is 163 Å². The maximum Gasteiger partial charge on any atom is 0.255 e. The van der Waals surface area contributed by atoms with Gasteiger partial charge in [-0.3, -0.25) is 9.78 Å². The van der Waals surface area contributed by atoms with Crippen LogP contribution in [0.15, 0.2) is 48.9 Å².